The van der Waals surface area contributed by atoms with E-state index in [9.17, 15) is 14.4 Å². The molecule has 0 fully saturated rings. The normalized spacial score (nSPS) is 11.4. The monoisotopic (exact) mass is 388 g/mol. The van der Waals surface area contributed by atoms with Gasteiger partial charge in [0.1, 0.15) is 17.5 Å². The molecule has 0 atom stereocenters. The molecule has 29 heavy (non-hydrogen) atoms. The minimum atomic E-state index is -0.374. The fraction of sp³-hybridized carbons (Fsp3) is 0.0526. The fourth-order valence-electron chi connectivity index (χ4n) is 2.75. The van der Waals surface area contributed by atoms with Crippen LogP contribution in [0.1, 0.15) is 11.4 Å². The number of nitrogens with one attached hydrogen (secondary N) is 2. The second kappa shape index (κ2) is 7.69. The van der Waals surface area contributed by atoms with Crippen LogP contribution in [0.4, 0.5) is 10.1 Å². The second-order valence-electron chi connectivity index (χ2n) is 6.05. The van der Waals surface area contributed by atoms with Crippen LogP contribution in [0.25, 0.3) is 16.5 Å². The number of anilines is 1. The van der Waals surface area contributed by atoms with Crippen molar-refractivity contribution in [2.45, 2.75) is 6.54 Å². The van der Waals surface area contributed by atoms with Gasteiger partial charge in [0.25, 0.3) is 5.56 Å². The zero-order valence-electron chi connectivity index (χ0n) is 14.9. The van der Waals surface area contributed by atoms with Crippen molar-refractivity contribution in [2.75, 3.05) is 5.32 Å². The third-order valence-electron chi connectivity index (χ3n) is 4.21. The molecule has 2 aromatic carbocycles. The summed E-state index contributed by atoms with van der Waals surface area (Å²) in [5.74, 6) is -0.212. The van der Waals surface area contributed by atoms with Gasteiger partial charge >= 0.3 is 0 Å². The van der Waals surface area contributed by atoms with Crippen molar-refractivity contribution >= 4 is 22.2 Å². The predicted octanol–water partition coefficient (Wildman–Crippen LogP) is 2.07. The maximum absolute atomic E-state index is 13.9. The summed E-state index contributed by atoms with van der Waals surface area (Å²) in [6.45, 7) is 0.0907. The molecule has 0 saturated carbocycles. The van der Waals surface area contributed by atoms with Gasteiger partial charge in [-0.2, -0.15) is 10.5 Å². The molecule has 4 rings (SSSR count). The van der Waals surface area contributed by atoms with Gasteiger partial charge in [-0.05, 0) is 29.5 Å². The summed E-state index contributed by atoms with van der Waals surface area (Å²) in [7, 11) is 0. The van der Waals surface area contributed by atoms with Crippen LogP contribution < -0.4 is 10.9 Å². The Kier molecular flexibility index (Phi) is 4.77. The van der Waals surface area contributed by atoms with Crippen LogP contribution in [-0.4, -0.2) is 30.2 Å². The van der Waals surface area contributed by atoms with Crippen LogP contribution in [0, 0.1) is 17.1 Å². The Hall–Kier alpha value is -4.39. The van der Waals surface area contributed by atoms with Crippen molar-refractivity contribution in [3.8, 4) is 6.07 Å². The first kappa shape index (κ1) is 18.0. The van der Waals surface area contributed by atoms with Gasteiger partial charge in [0, 0.05) is 17.5 Å². The Morgan fingerprint density at radius 1 is 1.31 bits per heavy atom. The van der Waals surface area contributed by atoms with Gasteiger partial charge in [-0.25, -0.2) is 9.37 Å². The molecule has 0 spiro atoms. The van der Waals surface area contributed by atoms with Crippen LogP contribution in [-0.2, 0) is 6.54 Å². The molecule has 0 unspecified atom stereocenters. The first-order chi connectivity index (χ1) is 14.2. The van der Waals surface area contributed by atoms with Crippen molar-refractivity contribution in [1.29, 1.82) is 5.26 Å². The SMILES string of the molecule is N#CC(=CNc1ccc2c(=O)n(Cc3ccccc3F)cnc2c1)c1nn[nH]n1. The Balaban J connectivity index is 1.62. The van der Waals surface area contributed by atoms with E-state index in [-0.39, 0.29) is 29.3 Å². The zero-order valence-corrected chi connectivity index (χ0v) is 14.9. The minimum absolute atomic E-state index is 0.0907. The van der Waals surface area contributed by atoms with Crippen LogP contribution in [0.15, 0.2) is 59.8 Å². The van der Waals surface area contributed by atoms with E-state index in [2.05, 4.69) is 30.9 Å². The highest BCUT2D eigenvalue weighted by Crippen LogP contribution is 2.16. The molecule has 0 saturated heterocycles. The lowest BCUT2D eigenvalue weighted by atomic mass is 10.2. The molecule has 142 valence electrons. The first-order valence-corrected chi connectivity index (χ1v) is 8.49. The van der Waals surface area contributed by atoms with E-state index in [1.807, 2.05) is 6.07 Å². The van der Waals surface area contributed by atoms with Crippen molar-refractivity contribution in [3.05, 3.63) is 82.6 Å². The number of aromatic nitrogens is 6. The molecular formula is C19H13FN8O. The first-order valence-electron chi connectivity index (χ1n) is 8.49. The van der Waals surface area contributed by atoms with E-state index in [4.69, 9.17) is 0 Å². The molecule has 2 N–H and O–H groups in total. The number of hydrogen-bond acceptors (Lipinski definition) is 7. The number of aromatic amines is 1. The summed E-state index contributed by atoms with van der Waals surface area (Å²) < 4.78 is 15.2. The van der Waals surface area contributed by atoms with Gasteiger partial charge in [0.15, 0.2) is 0 Å². The molecular weight excluding hydrogens is 375 g/mol. The molecule has 0 aliphatic carbocycles. The summed E-state index contributed by atoms with van der Waals surface area (Å²) in [6, 6.07) is 13.2. The van der Waals surface area contributed by atoms with Gasteiger partial charge in [-0.1, -0.05) is 18.2 Å². The molecule has 2 aromatic heterocycles. The molecule has 0 aliphatic heterocycles. The van der Waals surface area contributed by atoms with Crippen molar-refractivity contribution < 1.29 is 4.39 Å². The number of nitriles is 1. The fourth-order valence-corrected chi connectivity index (χ4v) is 2.75. The standard InChI is InChI=1S/C19H13FN8O/c20-16-4-2-1-3-12(16)10-28-11-23-17-7-14(5-6-15(17)19(28)29)22-9-13(8-21)18-24-26-27-25-18/h1-7,9,11,22H,10H2,(H,24,25,26,27). The number of allylic oxidation sites excluding steroid dienone is 1. The Bertz CT molecular complexity index is 1300. The maximum Gasteiger partial charge on any atom is 0.261 e. The third-order valence-corrected chi connectivity index (χ3v) is 4.21. The van der Waals surface area contributed by atoms with E-state index >= 15 is 0 Å². The van der Waals surface area contributed by atoms with Crippen LogP contribution >= 0.6 is 0 Å². The van der Waals surface area contributed by atoms with Crippen LogP contribution in [0.3, 0.4) is 0 Å². The molecule has 0 bridgehead atoms. The lowest BCUT2D eigenvalue weighted by Crippen LogP contribution is -2.21. The lowest BCUT2D eigenvalue weighted by molar-refractivity contribution is 0.595. The van der Waals surface area contributed by atoms with E-state index in [1.54, 1.807) is 36.4 Å². The quantitative estimate of drug-likeness (QED) is 0.501. The van der Waals surface area contributed by atoms with E-state index in [0.717, 1.165) is 0 Å². The minimum Gasteiger partial charge on any atom is -0.360 e. The summed E-state index contributed by atoms with van der Waals surface area (Å²) >= 11 is 0. The largest absolute Gasteiger partial charge is 0.360 e. The molecule has 2 heterocycles. The van der Waals surface area contributed by atoms with Gasteiger partial charge in [0.2, 0.25) is 5.82 Å². The smallest absolute Gasteiger partial charge is 0.261 e. The van der Waals surface area contributed by atoms with Gasteiger partial charge in [-0.3, -0.25) is 9.36 Å². The highest BCUT2D eigenvalue weighted by Gasteiger charge is 2.09. The molecule has 4 aromatic rings. The topological polar surface area (TPSA) is 125 Å². The number of H-pyrrole nitrogens is 1. The molecule has 0 aliphatic rings. The number of tetrazole rings is 1. The maximum atomic E-state index is 13.9. The van der Waals surface area contributed by atoms with Gasteiger partial charge < -0.3 is 5.32 Å². The third kappa shape index (κ3) is 3.70. The van der Waals surface area contributed by atoms with Crippen LogP contribution in [0.5, 0.6) is 0 Å². The number of halogens is 1. The highest BCUT2D eigenvalue weighted by molar-refractivity contribution is 5.82. The predicted molar refractivity (Wildman–Crippen MR) is 103 cm³/mol. The second-order valence-corrected chi connectivity index (χ2v) is 6.05. The number of fused-ring (bicyclic) bond motifs is 1. The van der Waals surface area contributed by atoms with Gasteiger partial charge in [0.05, 0.1) is 23.8 Å². The van der Waals surface area contributed by atoms with Gasteiger partial charge in [-0.15, -0.1) is 10.2 Å². The summed E-state index contributed by atoms with van der Waals surface area (Å²) in [6.07, 6.45) is 2.82. The van der Waals surface area contributed by atoms with E-state index in [1.165, 1.54) is 23.2 Å². The van der Waals surface area contributed by atoms with Crippen molar-refractivity contribution in [1.82, 2.24) is 30.2 Å². The number of benzene rings is 2. The molecule has 9 nitrogen and oxygen atoms in total. The Morgan fingerprint density at radius 3 is 2.93 bits per heavy atom. The van der Waals surface area contributed by atoms with Crippen molar-refractivity contribution in [3.63, 3.8) is 0 Å². The number of hydrogen-bond donors (Lipinski definition) is 2. The molecule has 0 amide bonds. The van der Waals surface area contributed by atoms with E-state index < -0.39 is 0 Å². The lowest BCUT2D eigenvalue weighted by Gasteiger charge is -2.08. The molecule has 0 radical (unpaired) electrons. The summed E-state index contributed by atoms with van der Waals surface area (Å²) in [5, 5.41) is 25.7. The number of rotatable bonds is 5. The van der Waals surface area contributed by atoms with Crippen molar-refractivity contribution in [2.24, 2.45) is 0 Å². The Labute approximate surface area is 163 Å². The zero-order chi connectivity index (χ0) is 20.2. The molecule has 10 heteroatoms. The van der Waals surface area contributed by atoms with E-state index in [0.29, 0.717) is 22.2 Å². The summed E-state index contributed by atoms with van der Waals surface area (Å²) in [4.78, 5) is 17.0. The summed E-state index contributed by atoms with van der Waals surface area (Å²) in [5.41, 5.74) is 1.41. The average Bonchev–Trinajstić information content (AvgIpc) is 3.27. The average molecular weight is 388 g/mol. The Morgan fingerprint density at radius 2 is 2.17 bits per heavy atom. The highest BCUT2D eigenvalue weighted by atomic mass is 19.1. The van der Waals surface area contributed by atoms with Crippen LogP contribution in [0.2, 0.25) is 0 Å². The number of nitrogens with zero attached hydrogens (tertiary/aromatic N) is 6.